The summed E-state index contributed by atoms with van der Waals surface area (Å²) in [6.45, 7) is 8.72. The zero-order valence-electron chi connectivity index (χ0n) is 13.0. The number of hydrogen-bond acceptors (Lipinski definition) is 5. The molecule has 21 heavy (non-hydrogen) atoms. The maximum Gasteiger partial charge on any atom is 0.236 e. The highest BCUT2D eigenvalue weighted by Gasteiger charge is 2.20. The van der Waals surface area contributed by atoms with Crippen LogP contribution >= 0.6 is 23.7 Å². The van der Waals surface area contributed by atoms with Crippen molar-refractivity contribution in [3.8, 4) is 10.8 Å². The van der Waals surface area contributed by atoms with Gasteiger partial charge in [-0.15, -0.1) is 23.7 Å². The fourth-order valence-electron chi connectivity index (χ4n) is 2.19. The molecular weight excluding hydrogens is 306 g/mol. The summed E-state index contributed by atoms with van der Waals surface area (Å²) in [6.07, 6.45) is 0. The van der Waals surface area contributed by atoms with Gasteiger partial charge in [-0.3, -0.25) is 4.90 Å². The van der Waals surface area contributed by atoms with Crippen LogP contribution in [0.5, 0.6) is 0 Å². The van der Waals surface area contributed by atoms with Crippen LogP contribution in [0, 0.1) is 12.3 Å². The van der Waals surface area contributed by atoms with Crippen molar-refractivity contribution in [3.05, 3.63) is 29.0 Å². The van der Waals surface area contributed by atoms with E-state index < -0.39 is 0 Å². The number of nitrogens with two attached hydrogens (primary N) is 1. The van der Waals surface area contributed by atoms with Gasteiger partial charge in [-0.25, -0.2) is 4.98 Å². The van der Waals surface area contributed by atoms with E-state index in [9.17, 15) is 0 Å². The highest BCUT2D eigenvalue weighted by Crippen LogP contribution is 2.26. The number of thiophene rings is 1. The molecule has 0 saturated heterocycles. The SMILES string of the molecule is Cc1oc(-c2cccs2)nc1CN(C)CC(C)(C)CN.Cl. The number of nitrogens with zero attached hydrogens (tertiary/aromatic N) is 2. The van der Waals surface area contributed by atoms with Crippen LogP contribution in [0.15, 0.2) is 21.9 Å². The molecule has 0 radical (unpaired) electrons. The lowest BCUT2D eigenvalue weighted by Crippen LogP contribution is -2.36. The molecule has 2 heterocycles. The molecule has 0 aliphatic carbocycles. The first kappa shape index (κ1) is 18.2. The predicted molar refractivity (Wildman–Crippen MR) is 91.0 cm³/mol. The van der Waals surface area contributed by atoms with Crippen LogP contribution in [0.2, 0.25) is 0 Å². The van der Waals surface area contributed by atoms with E-state index in [2.05, 4.69) is 30.8 Å². The molecule has 6 heteroatoms. The Hall–Kier alpha value is -0.880. The van der Waals surface area contributed by atoms with Gasteiger partial charge in [-0.1, -0.05) is 19.9 Å². The van der Waals surface area contributed by atoms with Gasteiger partial charge in [-0.05, 0) is 37.4 Å². The lowest BCUT2D eigenvalue weighted by Gasteiger charge is -2.28. The number of hydrogen-bond donors (Lipinski definition) is 1. The Morgan fingerprint density at radius 2 is 2.14 bits per heavy atom. The molecule has 2 aromatic heterocycles. The number of aryl methyl sites for hydroxylation is 1. The van der Waals surface area contributed by atoms with E-state index in [1.54, 1.807) is 11.3 Å². The highest BCUT2D eigenvalue weighted by atomic mass is 35.5. The van der Waals surface area contributed by atoms with Crippen LogP contribution in [0.1, 0.15) is 25.3 Å². The Kier molecular flexibility index (Phi) is 6.41. The van der Waals surface area contributed by atoms with E-state index >= 15 is 0 Å². The molecule has 0 aromatic carbocycles. The quantitative estimate of drug-likeness (QED) is 0.880. The van der Waals surface area contributed by atoms with Crippen LogP contribution in [-0.2, 0) is 6.54 Å². The van der Waals surface area contributed by atoms with Gasteiger partial charge in [0.1, 0.15) is 5.76 Å². The van der Waals surface area contributed by atoms with Gasteiger partial charge in [0, 0.05) is 13.1 Å². The molecule has 0 atom stereocenters. The molecule has 0 bridgehead atoms. The average molecular weight is 330 g/mol. The Bertz CT molecular complexity index is 551. The summed E-state index contributed by atoms with van der Waals surface area (Å²) in [4.78, 5) is 7.94. The normalized spacial score (nSPS) is 11.7. The maximum atomic E-state index is 5.79. The molecule has 118 valence electrons. The Morgan fingerprint density at radius 3 is 2.71 bits per heavy atom. The third-order valence-electron chi connectivity index (χ3n) is 3.29. The zero-order chi connectivity index (χ0) is 14.8. The van der Waals surface area contributed by atoms with Gasteiger partial charge in [0.15, 0.2) is 0 Å². The maximum absolute atomic E-state index is 5.79. The van der Waals surface area contributed by atoms with E-state index in [1.165, 1.54) is 0 Å². The van der Waals surface area contributed by atoms with E-state index in [-0.39, 0.29) is 17.8 Å². The molecular formula is C15H24ClN3OS. The first-order chi connectivity index (χ1) is 9.41. The Morgan fingerprint density at radius 1 is 1.43 bits per heavy atom. The van der Waals surface area contributed by atoms with Crippen molar-refractivity contribution in [1.29, 1.82) is 0 Å². The van der Waals surface area contributed by atoms with Gasteiger partial charge < -0.3 is 10.2 Å². The molecule has 0 unspecified atom stereocenters. The minimum atomic E-state index is 0. The first-order valence-corrected chi connectivity index (χ1v) is 7.68. The summed E-state index contributed by atoms with van der Waals surface area (Å²) in [6, 6.07) is 4.04. The van der Waals surface area contributed by atoms with Crippen molar-refractivity contribution in [2.75, 3.05) is 20.1 Å². The second kappa shape index (κ2) is 7.40. The standard InChI is InChI=1S/C15H23N3OS.ClH/c1-11-12(8-18(4)10-15(2,3)9-16)17-14(19-11)13-6-5-7-20-13;/h5-7H,8-10,16H2,1-4H3;1H. The molecule has 0 fully saturated rings. The van der Waals surface area contributed by atoms with Crippen molar-refractivity contribution < 1.29 is 4.42 Å². The van der Waals surface area contributed by atoms with Crippen LogP contribution in [-0.4, -0.2) is 30.0 Å². The fraction of sp³-hybridized carbons (Fsp3) is 0.533. The minimum absolute atomic E-state index is 0. The molecule has 0 saturated carbocycles. The van der Waals surface area contributed by atoms with E-state index in [4.69, 9.17) is 10.2 Å². The average Bonchev–Trinajstić information content (AvgIpc) is 2.99. The second-order valence-electron chi connectivity index (χ2n) is 6.04. The third-order valence-corrected chi connectivity index (χ3v) is 4.15. The van der Waals surface area contributed by atoms with Crippen molar-refractivity contribution in [2.24, 2.45) is 11.1 Å². The van der Waals surface area contributed by atoms with Gasteiger partial charge in [-0.2, -0.15) is 0 Å². The van der Waals surface area contributed by atoms with Crippen LogP contribution < -0.4 is 5.73 Å². The Labute approximate surface area is 136 Å². The first-order valence-electron chi connectivity index (χ1n) is 6.80. The Balaban J connectivity index is 0.00000220. The molecule has 0 aliphatic heterocycles. The smallest absolute Gasteiger partial charge is 0.236 e. The molecule has 0 amide bonds. The zero-order valence-corrected chi connectivity index (χ0v) is 14.7. The summed E-state index contributed by atoms with van der Waals surface area (Å²) < 4.78 is 5.76. The summed E-state index contributed by atoms with van der Waals surface area (Å²) in [5, 5.41) is 2.03. The topological polar surface area (TPSA) is 55.3 Å². The molecule has 4 nitrogen and oxygen atoms in total. The number of halogens is 1. The largest absolute Gasteiger partial charge is 0.440 e. The van der Waals surface area contributed by atoms with Crippen LogP contribution in [0.4, 0.5) is 0 Å². The molecule has 2 rings (SSSR count). The fourth-order valence-corrected chi connectivity index (χ4v) is 2.84. The lowest BCUT2D eigenvalue weighted by molar-refractivity contribution is 0.207. The third kappa shape index (κ3) is 4.81. The van der Waals surface area contributed by atoms with Crippen LogP contribution in [0.3, 0.4) is 0 Å². The van der Waals surface area contributed by atoms with Crippen molar-refractivity contribution >= 4 is 23.7 Å². The number of oxazole rings is 1. The molecule has 2 N–H and O–H groups in total. The summed E-state index contributed by atoms with van der Waals surface area (Å²) in [7, 11) is 2.09. The van der Waals surface area contributed by atoms with E-state index in [1.807, 2.05) is 24.4 Å². The highest BCUT2D eigenvalue weighted by molar-refractivity contribution is 7.13. The molecule has 0 spiro atoms. The summed E-state index contributed by atoms with van der Waals surface area (Å²) in [5.41, 5.74) is 6.90. The van der Waals surface area contributed by atoms with E-state index in [0.717, 1.165) is 35.3 Å². The van der Waals surface area contributed by atoms with Gasteiger partial charge in [0.2, 0.25) is 5.89 Å². The van der Waals surface area contributed by atoms with Crippen LogP contribution in [0.25, 0.3) is 10.8 Å². The van der Waals surface area contributed by atoms with E-state index in [0.29, 0.717) is 6.54 Å². The van der Waals surface area contributed by atoms with Gasteiger partial charge >= 0.3 is 0 Å². The molecule has 0 aliphatic rings. The second-order valence-corrected chi connectivity index (χ2v) is 6.99. The lowest BCUT2D eigenvalue weighted by atomic mass is 9.93. The summed E-state index contributed by atoms with van der Waals surface area (Å²) in [5.74, 6) is 1.62. The predicted octanol–water partition coefficient (Wildman–Crippen LogP) is 3.55. The van der Waals surface area contributed by atoms with Gasteiger partial charge in [0.05, 0.1) is 10.6 Å². The van der Waals surface area contributed by atoms with Crippen molar-refractivity contribution in [3.63, 3.8) is 0 Å². The van der Waals surface area contributed by atoms with Crippen molar-refractivity contribution in [2.45, 2.75) is 27.3 Å². The monoisotopic (exact) mass is 329 g/mol. The number of rotatable bonds is 6. The van der Waals surface area contributed by atoms with Crippen molar-refractivity contribution in [1.82, 2.24) is 9.88 Å². The van der Waals surface area contributed by atoms with Gasteiger partial charge in [0.25, 0.3) is 0 Å². The minimum Gasteiger partial charge on any atom is -0.440 e. The summed E-state index contributed by atoms with van der Waals surface area (Å²) >= 11 is 1.64. The molecule has 2 aromatic rings. The number of aromatic nitrogens is 1.